The van der Waals surface area contributed by atoms with Crippen molar-refractivity contribution in [3.8, 4) is 11.5 Å². The molecular weight excluding hydrogens is 520 g/mol. The number of aromatic nitrogens is 1. The van der Waals surface area contributed by atoms with E-state index in [1.165, 1.54) is 11.3 Å². The number of nitrogens with zero attached hydrogens (tertiary/aromatic N) is 2. The van der Waals surface area contributed by atoms with Crippen LogP contribution in [0.25, 0.3) is 6.08 Å². The number of fused-ring (bicyclic) bond motifs is 1. The number of hydrogen-bond acceptors (Lipinski definition) is 7. The van der Waals surface area contributed by atoms with Gasteiger partial charge in [-0.25, -0.2) is 9.79 Å². The van der Waals surface area contributed by atoms with Gasteiger partial charge in [0.15, 0.2) is 4.80 Å². The van der Waals surface area contributed by atoms with Gasteiger partial charge in [-0.05, 0) is 61.4 Å². The molecule has 0 spiro atoms. The van der Waals surface area contributed by atoms with Gasteiger partial charge in [0.1, 0.15) is 11.5 Å². The van der Waals surface area contributed by atoms with Gasteiger partial charge in [0.25, 0.3) is 5.56 Å². The minimum Gasteiger partial charge on any atom is -0.497 e. The molecule has 0 bridgehead atoms. The molecule has 1 atom stereocenters. The fraction of sp³-hybridized carbons (Fsp3) is 0.240. The molecule has 1 aliphatic rings. The van der Waals surface area contributed by atoms with E-state index in [-0.39, 0.29) is 12.2 Å². The van der Waals surface area contributed by atoms with Crippen molar-refractivity contribution in [3.63, 3.8) is 0 Å². The summed E-state index contributed by atoms with van der Waals surface area (Å²) in [6, 6.07) is 12.2. The van der Waals surface area contributed by atoms with E-state index in [9.17, 15) is 9.59 Å². The van der Waals surface area contributed by atoms with E-state index in [0.717, 1.165) is 15.6 Å². The Balaban J connectivity index is 1.97. The van der Waals surface area contributed by atoms with Gasteiger partial charge in [0.2, 0.25) is 0 Å². The van der Waals surface area contributed by atoms with Gasteiger partial charge in [0, 0.05) is 4.47 Å². The van der Waals surface area contributed by atoms with E-state index in [0.29, 0.717) is 32.1 Å². The SMILES string of the molecule is CCOC(=O)C1=C(C)N=c2s/c(=C/c3cc(OC)ccc3Br)c(=O)n2C1c1cccc(OC)c1. The second-order valence-corrected chi connectivity index (χ2v) is 9.33. The lowest BCUT2D eigenvalue weighted by molar-refractivity contribution is -0.139. The Labute approximate surface area is 208 Å². The van der Waals surface area contributed by atoms with Crippen LogP contribution in [-0.2, 0) is 9.53 Å². The number of hydrogen-bond donors (Lipinski definition) is 0. The molecule has 1 aliphatic heterocycles. The smallest absolute Gasteiger partial charge is 0.338 e. The Morgan fingerprint density at radius 2 is 1.91 bits per heavy atom. The lowest BCUT2D eigenvalue weighted by atomic mass is 9.95. The molecule has 0 radical (unpaired) electrons. The van der Waals surface area contributed by atoms with E-state index in [1.54, 1.807) is 38.7 Å². The summed E-state index contributed by atoms with van der Waals surface area (Å²) in [5.41, 5.74) is 2.12. The van der Waals surface area contributed by atoms with Crippen molar-refractivity contribution in [2.45, 2.75) is 19.9 Å². The largest absolute Gasteiger partial charge is 0.497 e. The molecule has 176 valence electrons. The highest BCUT2D eigenvalue weighted by molar-refractivity contribution is 9.10. The van der Waals surface area contributed by atoms with Crippen molar-refractivity contribution in [3.05, 3.63) is 89.0 Å². The predicted octanol–water partition coefficient (Wildman–Crippen LogP) is 3.58. The second-order valence-electron chi connectivity index (χ2n) is 7.47. The molecule has 9 heteroatoms. The van der Waals surface area contributed by atoms with Crippen LogP contribution < -0.4 is 24.4 Å². The summed E-state index contributed by atoms with van der Waals surface area (Å²) in [6.45, 7) is 3.72. The molecule has 1 aromatic heterocycles. The number of halogens is 1. The molecule has 2 heterocycles. The van der Waals surface area contributed by atoms with Crippen LogP contribution in [0.4, 0.5) is 0 Å². The third-order valence-corrected chi connectivity index (χ3v) is 7.12. The number of carbonyl (C=O) groups is 1. The maximum absolute atomic E-state index is 13.7. The highest BCUT2D eigenvalue weighted by Crippen LogP contribution is 2.32. The molecule has 0 saturated heterocycles. The Hall–Kier alpha value is -3.17. The monoisotopic (exact) mass is 542 g/mol. The predicted molar refractivity (Wildman–Crippen MR) is 134 cm³/mol. The molecule has 0 aliphatic carbocycles. The van der Waals surface area contributed by atoms with Gasteiger partial charge in [0.05, 0.1) is 42.7 Å². The van der Waals surface area contributed by atoms with Crippen molar-refractivity contribution >= 4 is 39.3 Å². The van der Waals surface area contributed by atoms with Crippen molar-refractivity contribution in [2.24, 2.45) is 4.99 Å². The molecule has 7 nitrogen and oxygen atoms in total. The fourth-order valence-corrected chi connectivity index (χ4v) is 5.22. The van der Waals surface area contributed by atoms with Crippen molar-refractivity contribution in [2.75, 3.05) is 20.8 Å². The zero-order valence-electron chi connectivity index (χ0n) is 19.1. The molecule has 0 saturated carbocycles. The second kappa shape index (κ2) is 9.99. The number of carbonyl (C=O) groups excluding carboxylic acids is 1. The minimum atomic E-state index is -0.693. The Bertz CT molecular complexity index is 1470. The third kappa shape index (κ3) is 4.45. The first-order valence-electron chi connectivity index (χ1n) is 10.5. The quantitative estimate of drug-likeness (QED) is 0.445. The van der Waals surface area contributed by atoms with Crippen molar-refractivity contribution < 1.29 is 19.0 Å². The van der Waals surface area contributed by atoms with Gasteiger partial charge in [-0.2, -0.15) is 0 Å². The molecule has 34 heavy (non-hydrogen) atoms. The number of benzene rings is 2. The van der Waals surface area contributed by atoms with Crippen LogP contribution in [-0.4, -0.2) is 31.4 Å². The molecule has 0 amide bonds. The average molecular weight is 543 g/mol. The molecule has 3 aromatic rings. The minimum absolute atomic E-state index is 0.217. The van der Waals surface area contributed by atoms with Crippen molar-refractivity contribution in [1.29, 1.82) is 0 Å². The molecule has 0 N–H and O–H groups in total. The van der Waals surface area contributed by atoms with Crippen LogP contribution >= 0.6 is 27.3 Å². The highest BCUT2D eigenvalue weighted by atomic mass is 79.9. The Kier molecular flexibility index (Phi) is 7.04. The van der Waals surface area contributed by atoms with Gasteiger partial charge in [-0.1, -0.05) is 39.4 Å². The van der Waals surface area contributed by atoms with E-state index in [4.69, 9.17) is 14.2 Å². The van der Waals surface area contributed by atoms with Gasteiger partial charge in [-0.3, -0.25) is 9.36 Å². The van der Waals surface area contributed by atoms with Crippen LogP contribution in [0, 0.1) is 0 Å². The van der Waals surface area contributed by atoms with Gasteiger partial charge < -0.3 is 14.2 Å². The van der Waals surface area contributed by atoms with Crippen molar-refractivity contribution in [1.82, 2.24) is 4.57 Å². The number of rotatable bonds is 6. The standard InChI is InChI=1S/C25H23BrN2O5S/c1-5-33-24(30)21-14(2)27-25-28(22(21)15-7-6-8-17(11-15)31-3)23(29)20(34-25)13-16-12-18(32-4)9-10-19(16)26/h6-13,22H,5H2,1-4H3/b20-13+. The van der Waals surface area contributed by atoms with Crippen LogP contribution in [0.2, 0.25) is 0 Å². The molecular formula is C25H23BrN2O5S. The molecule has 1 unspecified atom stereocenters. The molecule has 4 rings (SSSR count). The maximum Gasteiger partial charge on any atom is 0.338 e. The number of ether oxygens (including phenoxy) is 3. The molecule has 2 aromatic carbocycles. The first-order valence-corrected chi connectivity index (χ1v) is 12.2. The van der Waals surface area contributed by atoms with E-state index < -0.39 is 12.0 Å². The zero-order valence-corrected chi connectivity index (χ0v) is 21.5. The Morgan fingerprint density at radius 1 is 1.18 bits per heavy atom. The summed E-state index contributed by atoms with van der Waals surface area (Å²) in [7, 11) is 3.17. The van der Waals surface area contributed by atoms with Crippen LogP contribution in [0.5, 0.6) is 11.5 Å². The average Bonchev–Trinajstić information content (AvgIpc) is 3.14. The fourth-order valence-electron chi connectivity index (χ4n) is 3.82. The lowest BCUT2D eigenvalue weighted by Crippen LogP contribution is -2.39. The number of methoxy groups -OCH3 is 2. The summed E-state index contributed by atoms with van der Waals surface area (Å²) in [6.07, 6.45) is 1.79. The Morgan fingerprint density at radius 3 is 2.62 bits per heavy atom. The lowest BCUT2D eigenvalue weighted by Gasteiger charge is -2.25. The summed E-state index contributed by atoms with van der Waals surface area (Å²) in [5.74, 6) is 0.802. The number of esters is 1. The first kappa shape index (κ1) is 24.0. The van der Waals surface area contributed by atoms with E-state index >= 15 is 0 Å². The normalized spacial score (nSPS) is 15.6. The topological polar surface area (TPSA) is 79.1 Å². The number of allylic oxidation sites excluding steroid dienone is 1. The first-order chi connectivity index (χ1) is 16.4. The van der Waals surface area contributed by atoms with Gasteiger partial charge in [-0.15, -0.1) is 0 Å². The van der Waals surface area contributed by atoms with Gasteiger partial charge >= 0.3 is 5.97 Å². The molecule has 0 fully saturated rings. The maximum atomic E-state index is 13.7. The summed E-state index contributed by atoms with van der Waals surface area (Å²) in [4.78, 5) is 31.8. The van der Waals surface area contributed by atoms with Crippen LogP contribution in [0.1, 0.15) is 31.0 Å². The van der Waals surface area contributed by atoms with Crippen LogP contribution in [0.3, 0.4) is 0 Å². The number of thiazole rings is 1. The highest BCUT2D eigenvalue weighted by Gasteiger charge is 2.33. The van der Waals surface area contributed by atoms with E-state index in [1.807, 2.05) is 42.5 Å². The third-order valence-electron chi connectivity index (χ3n) is 5.42. The van der Waals surface area contributed by atoms with Crippen LogP contribution in [0.15, 0.2) is 68.0 Å². The summed E-state index contributed by atoms with van der Waals surface area (Å²) < 4.78 is 18.9. The van der Waals surface area contributed by atoms with E-state index in [2.05, 4.69) is 20.9 Å². The summed E-state index contributed by atoms with van der Waals surface area (Å²) in [5, 5.41) is 0. The zero-order chi connectivity index (χ0) is 24.4. The summed E-state index contributed by atoms with van der Waals surface area (Å²) >= 11 is 4.80.